The van der Waals surface area contributed by atoms with E-state index < -0.39 is 5.91 Å². The summed E-state index contributed by atoms with van der Waals surface area (Å²) in [6, 6.07) is 7.76. The Bertz CT molecular complexity index is 878. The van der Waals surface area contributed by atoms with Gasteiger partial charge >= 0.3 is 0 Å². The number of amides is 1. The Morgan fingerprint density at radius 3 is 2.77 bits per heavy atom. The minimum absolute atomic E-state index is 0.338. The number of carbonyl (C=O) groups excluding carboxylic acids is 1. The second-order valence-corrected chi connectivity index (χ2v) is 6.11. The van der Waals surface area contributed by atoms with Crippen LogP contribution in [0.25, 0.3) is 16.9 Å². The number of aryl methyl sites for hydroxylation is 1. The molecule has 110 valence electrons. The first kappa shape index (κ1) is 13.3. The Balaban J connectivity index is 2.00. The monoisotopic (exact) mass is 357 g/mol. The molecule has 0 saturated heterocycles. The Kier molecular flexibility index (Phi) is 2.90. The van der Waals surface area contributed by atoms with Crippen molar-refractivity contribution >= 4 is 21.8 Å². The summed E-state index contributed by atoms with van der Waals surface area (Å²) in [7, 11) is 0. The van der Waals surface area contributed by atoms with Gasteiger partial charge in [0.1, 0.15) is 0 Å². The average Bonchev–Trinajstić information content (AvgIpc) is 3.11. The number of aromatic nitrogens is 4. The number of primary amides is 1. The molecule has 3 aromatic rings. The fraction of sp³-hybridized carbons (Fsp3) is 0.133. The predicted molar refractivity (Wildman–Crippen MR) is 84.8 cm³/mol. The number of nitrogens with zero attached hydrogens (tertiary/aromatic N) is 3. The van der Waals surface area contributed by atoms with Crippen molar-refractivity contribution in [3.63, 3.8) is 0 Å². The third kappa shape index (κ3) is 1.89. The highest BCUT2D eigenvalue weighted by Gasteiger charge is 2.28. The molecule has 4 rings (SSSR count). The molecule has 0 saturated carbocycles. The quantitative estimate of drug-likeness (QED) is 0.736. The summed E-state index contributed by atoms with van der Waals surface area (Å²) < 4.78 is 2.76. The van der Waals surface area contributed by atoms with Crippen molar-refractivity contribution in [1.29, 1.82) is 0 Å². The molecule has 0 spiro atoms. The zero-order chi connectivity index (χ0) is 15.3. The number of aromatic amines is 1. The third-order valence-electron chi connectivity index (χ3n) is 3.89. The molecule has 1 aliphatic carbocycles. The molecule has 0 unspecified atom stereocenters. The lowest BCUT2D eigenvalue weighted by atomic mass is 9.93. The van der Waals surface area contributed by atoms with Crippen LogP contribution in [-0.2, 0) is 12.8 Å². The number of rotatable bonds is 2. The number of fused-ring (bicyclic) bond motifs is 3. The summed E-state index contributed by atoms with van der Waals surface area (Å²) in [5, 5.41) is 11.6. The molecule has 1 amide bonds. The van der Waals surface area contributed by atoms with Crippen LogP contribution in [0.5, 0.6) is 0 Å². The van der Waals surface area contributed by atoms with Gasteiger partial charge in [0, 0.05) is 21.3 Å². The van der Waals surface area contributed by atoms with E-state index in [1.54, 1.807) is 10.9 Å². The van der Waals surface area contributed by atoms with Crippen molar-refractivity contribution in [3.8, 4) is 16.9 Å². The number of hydrogen-bond donors (Lipinski definition) is 2. The van der Waals surface area contributed by atoms with Crippen molar-refractivity contribution in [3.05, 3.63) is 51.9 Å². The highest BCUT2D eigenvalue weighted by Crippen LogP contribution is 2.35. The maximum atomic E-state index is 11.7. The van der Waals surface area contributed by atoms with Crippen LogP contribution in [-0.4, -0.2) is 25.9 Å². The summed E-state index contributed by atoms with van der Waals surface area (Å²) in [6.45, 7) is 0. The molecule has 0 atom stereocenters. The van der Waals surface area contributed by atoms with Gasteiger partial charge in [0.2, 0.25) is 0 Å². The zero-order valence-electron chi connectivity index (χ0n) is 11.5. The van der Waals surface area contributed by atoms with E-state index in [2.05, 4.69) is 31.2 Å². The molecule has 0 radical (unpaired) electrons. The minimum atomic E-state index is -0.501. The third-order valence-corrected chi connectivity index (χ3v) is 4.42. The molecule has 6 nitrogen and oxygen atoms in total. The predicted octanol–water partition coefficient (Wildman–Crippen LogP) is 2.22. The van der Waals surface area contributed by atoms with E-state index in [9.17, 15) is 4.79 Å². The van der Waals surface area contributed by atoms with Crippen LogP contribution in [0, 0.1) is 0 Å². The van der Waals surface area contributed by atoms with Crippen LogP contribution >= 0.6 is 15.9 Å². The lowest BCUT2D eigenvalue weighted by Crippen LogP contribution is -2.15. The molecule has 22 heavy (non-hydrogen) atoms. The number of H-pyrrole nitrogens is 1. The average molecular weight is 358 g/mol. The van der Waals surface area contributed by atoms with Gasteiger partial charge in [-0.3, -0.25) is 9.89 Å². The molecule has 3 N–H and O–H groups in total. The van der Waals surface area contributed by atoms with E-state index in [0.717, 1.165) is 45.5 Å². The molecule has 0 aliphatic heterocycles. The van der Waals surface area contributed by atoms with Gasteiger partial charge in [-0.2, -0.15) is 10.2 Å². The normalized spacial score (nSPS) is 12.8. The van der Waals surface area contributed by atoms with Crippen LogP contribution in [0.4, 0.5) is 0 Å². The Morgan fingerprint density at radius 1 is 1.27 bits per heavy atom. The van der Waals surface area contributed by atoms with Gasteiger partial charge in [0.05, 0.1) is 17.6 Å². The van der Waals surface area contributed by atoms with Crippen molar-refractivity contribution in [2.75, 3.05) is 0 Å². The molecule has 7 heteroatoms. The van der Waals surface area contributed by atoms with Gasteiger partial charge in [-0.25, -0.2) is 4.68 Å². The maximum absolute atomic E-state index is 11.7. The maximum Gasteiger partial charge on any atom is 0.269 e. The first-order chi connectivity index (χ1) is 10.6. The SMILES string of the molecule is NC(=O)c1nn(-c2ccc(Br)cc2)c2c1CCc1[nH]ncc1-2. The standard InChI is InChI=1S/C15H12BrN5O/c16-8-1-3-9(4-2-8)21-14-10(13(20-21)15(17)22)5-6-12-11(14)7-18-19-12/h1-4,7H,5-6H2,(H2,17,22)(H,18,19). The van der Waals surface area contributed by atoms with Gasteiger partial charge in [0.15, 0.2) is 5.69 Å². The molecule has 2 heterocycles. The molecule has 1 aromatic carbocycles. The van der Waals surface area contributed by atoms with E-state index in [1.807, 2.05) is 24.3 Å². The Morgan fingerprint density at radius 2 is 2.05 bits per heavy atom. The Labute approximate surface area is 134 Å². The summed E-state index contributed by atoms with van der Waals surface area (Å²) in [5.41, 5.74) is 10.5. The number of halogens is 1. The molecular weight excluding hydrogens is 346 g/mol. The van der Waals surface area contributed by atoms with Crippen LogP contribution < -0.4 is 5.73 Å². The van der Waals surface area contributed by atoms with E-state index >= 15 is 0 Å². The van der Waals surface area contributed by atoms with Crippen LogP contribution in [0.15, 0.2) is 34.9 Å². The van der Waals surface area contributed by atoms with Gasteiger partial charge in [-0.15, -0.1) is 0 Å². The highest BCUT2D eigenvalue weighted by molar-refractivity contribution is 9.10. The summed E-state index contributed by atoms with van der Waals surface area (Å²) in [4.78, 5) is 11.7. The molecule has 0 bridgehead atoms. The lowest BCUT2D eigenvalue weighted by molar-refractivity contribution is 0.0994. The first-order valence-corrected chi connectivity index (χ1v) is 7.64. The van der Waals surface area contributed by atoms with Gasteiger partial charge in [-0.05, 0) is 37.1 Å². The minimum Gasteiger partial charge on any atom is -0.364 e. The largest absolute Gasteiger partial charge is 0.364 e. The van der Waals surface area contributed by atoms with E-state index in [0.29, 0.717) is 5.69 Å². The number of carbonyl (C=O) groups is 1. The van der Waals surface area contributed by atoms with Crippen molar-refractivity contribution in [1.82, 2.24) is 20.0 Å². The molecule has 1 aliphatic rings. The second kappa shape index (κ2) is 4.81. The molecule has 2 aromatic heterocycles. The second-order valence-electron chi connectivity index (χ2n) is 5.19. The Hall–Kier alpha value is -2.41. The lowest BCUT2D eigenvalue weighted by Gasteiger charge is -2.14. The number of nitrogens with one attached hydrogen (secondary N) is 1. The van der Waals surface area contributed by atoms with Crippen LogP contribution in [0.1, 0.15) is 21.7 Å². The summed E-state index contributed by atoms with van der Waals surface area (Å²) in [5.74, 6) is -0.501. The van der Waals surface area contributed by atoms with Gasteiger partial charge in [0.25, 0.3) is 5.91 Å². The first-order valence-electron chi connectivity index (χ1n) is 6.85. The highest BCUT2D eigenvalue weighted by atomic mass is 79.9. The number of benzene rings is 1. The van der Waals surface area contributed by atoms with Gasteiger partial charge < -0.3 is 5.73 Å². The fourth-order valence-corrected chi connectivity index (χ4v) is 3.15. The van der Waals surface area contributed by atoms with Gasteiger partial charge in [-0.1, -0.05) is 15.9 Å². The smallest absolute Gasteiger partial charge is 0.269 e. The van der Waals surface area contributed by atoms with Crippen molar-refractivity contribution in [2.24, 2.45) is 5.73 Å². The fourth-order valence-electron chi connectivity index (χ4n) is 2.89. The number of hydrogen-bond acceptors (Lipinski definition) is 3. The topological polar surface area (TPSA) is 89.6 Å². The molecule has 0 fully saturated rings. The van der Waals surface area contributed by atoms with Crippen LogP contribution in [0.3, 0.4) is 0 Å². The zero-order valence-corrected chi connectivity index (χ0v) is 13.1. The summed E-state index contributed by atoms with van der Waals surface area (Å²) >= 11 is 3.42. The van der Waals surface area contributed by atoms with E-state index in [1.165, 1.54) is 0 Å². The van der Waals surface area contributed by atoms with E-state index in [-0.39, 0.29) is 0 Å². The van der Waals surface area contributed by atoms with Crippen LogP contribution in [0.2, 0.25) is 0 Å². The summed E-state index contributed by atoms with van der Waals surface area (Å²) in [6.07, 6.45) is 3.29. The molecular formula is C15H12BrN5O. The van der Waals surface area contributed by atoms with E-state index in [4.69, 9.17) is 5.73 Å². The number of nitrogens with two attached hydrogens (primary N) is 1. The van der Waals surface area contributed by atoms with Crippen molar-refractivity contribution < 1.29 is 4.79 Å². The van der Waals surface area contributed by atoms with Crippen molar-refractivity contribution in [2.45, 2.75) is 12.8 Å².